The van der Waals surface area contributed by atoms with Gasteiger partial charge in [0.25, 0.3) is 0 Å². The lowest BCUT2D eigenvalue weighted by Crippen LogP contribution is -2.66. The van der Waals surface area contributed by atoms with Gasteiger partial charge >= 0.3 is 0 Å². The lowest BCUT2D eigenvalue weighted by atomic mass is 9.75. The Hall–Kier alpha value is -0.120. The van der Waals surface area contributed by atoms with Crippen molar-refractivity contribution >= 4 is 0 Å². The van der Waals surface area contributed by atoms with Crippen LogP contribution in [0.5, 0.6) is 0 Å². The quantitative estimate of drug-likeness (QED) is 0.733. The Morgan fingerprint density at radius 3 is 1.38 bits per heavy atom. The molecule has 3 nitrogen and oxygen atoms in total. The molecule has 0 aromatic rings. The molecule has 124 valence electrons. The predicted octanol–water partition coefficient (Wildman–Crippen LogP) is 2.91. The first-order valence-corrected chi connectivity index (χ1v) is 8.82. The first kappa shape index (κ1) is 17.2. The second kappa shape index (κ2) is 5.82. The predicted molar refractivity (Wildman–Crippen MR) is 91.6 cm³/mol. The molecule has 0 amide bonds. The van der Waals surface area contributed by atoms with Gasteiger partial charge in [-0.1, -0.05) is 13.8 Å². The van der Waals surface area contributed by atoms with Gasteiger partial charge in [-0.15, -0.1) is 0 Å². The highest BCUT2D eigenvalue weighted by atomic mass is 15.1. The summed E-state index contributed by atoms with van der Waals surface area (Å²) in [6.07, 6.45) is 2.42. The summed E-state index contributed by atoms with van der Waals surface area (Å²) in [4.78, 5) is 0. The Morgan fingerprint density at radius 1 is 0.714 bits per heavy atom. The van der Waals surface area contributed by atoms with Crippen molar-refractivity contribution in [3.05, 3.63) is 0 Å². The maximum Gasteiger partial charge on any atom is 0.0142 e. The highest BCUT2D eigenvalue weighted by Crippen LogP contribution is 2.31. The Balaban J connectivity index is 2.08. The van der Waals surface area contributed by atoms with Crippen LogP contribution < -0.4 is 16.0 Å². The number of hydrogen-bond acceptors (Lipinski definition) is 3. The molecule has 6 atom stereocenters. The topological polar surface area (TPSA) is 36.1 Å². The average molecular weight is 296 g/mol. The number of hydrogen-bond donors (Lipinski definition) is 3. The molecule has 0 spiro atoms. The normalized spacial score (nSPS) is 46.3. The zero-order valence-corrected chi connectivity index (χ0v) is 15.4. The Bertz CT molecular complexity index is 329. The largest absolute Gasteiger partial charge is 0.310 e. The van der Waals surface area contributed by atoms with Gasteiger partial charge in [0.15, 0.2) is 0 Å². The summed E-state index contributed by atoms with van der Waals surface area (Å²) < 4.78 is 0. The van der Waals surface area contributed by atoms with E-state index in [4.69, 9.17) is 0 Å². The first-order valence-electron chi connectivity index (χ1n) is 8.82. The third-order valence-electron chi connectivity index (χ3n) is 5.97. The van der Waals surface area contributed by atoms with E-state index in [1.54, 1.807) is 0 Å². The second-order valence-electron chi connectivity index (χ2n) is 9.14. The van der Waals surface area contributed by atoms with Crippen molar-refractivity contribution in [2.75, 3.05) is 0 Å². The molecule has 0 aliphatic carbocycles. The van der Waals surface area contributed by atoms with E-state index in [0.717, 1.165) is 0 Å². The van der Waals surface area contributed by atoms with Crippen molar-refractivity contribution in [1.29, 1.82) is 0 Å². The standard InChI is InChI=1S/C18H37N3/c1-11-13(3)20-17(5,6)9-15(11)19-16-10-18(7,8)21-14(4)12(16)2/h11-16,19-21H,9-10H2,1-8H3. The third kappa shape index (κ3) is 4.00. The maximum atomic E-state index is 4.05. The summed E-state index contributed by atoms with van der Waals surface area (Å²) in [5.74, 6) is 1.36. The monoisotopic (exact) mass is 295 g/mol. The molecule has 2 aliphatic heterocycles. The lowest BCUT2D eigenvalue weighted by molar-refractivity contribution is 0.0932. The van der Waals surface area contributed by atoms with E-state index in [9.17, 15) is 0 Å². The van der Waals surface area contributed by atoms with Gasteiger partial charge in [0.1, 0.15) is 0 Å². The van der Waals surface area contributed by atoms with Crippen LogP contribution >= 0.6 is 0 Å². The van der Waals surface area contributed by atoms with E-state index in [2.05, 4.69) is 71.3 Å². The van der Waals surface area contributed by atoms with Crippen LogP contribution in [0, 0.1) is 11.8 Å². The van der Waals surface area contributed by atoms with Gasteiger partial charge in [-0.05, 0) is 66.2 Å². The maximum absolute atomic E-state index is 4.05. The molecule has 2 heterocycles. The SMILES string of the molecule is CC1NC(C)(C)CC(NC2CC(C)(C)NC(C)C2C)C1C. The Morgan fingerprint density at radius 2 is 1.05 bits per heavy atom. The average Bonchev–Trinajstić information content (AvgIpc) is 2.30. The van der Waals surface area contributed by atoms with Crippen molar-refractivity contribution in [2.24, 2.45) is 11.8 Å². The van der Waals surface area contributed by atoms with Gasteiger partial charge in [0.2, 0.25) is 0 Å². The molecule has 3 heteroatoms. The van der Waals surface area contributed by atoms with E-state index in [1.165, 1.54) is 12.8 Å². The van der Waals surface area contributed by atoms with Crippen molar-refractivity contribution in [3.8, 4) is 0 Å². The van der Waals surface area contributed by atoms with Crippen LogP contribution in [0.2, 0.25) is 0 Å². The summed E-state index contributed by atoms with van der Waals surface area (Å²) in [5.41, 5.74) is 0.474. The Labute approximate surface area is 132 Å². The van der Waals surface area contributed by atoms with Crippen LogP contribution in [0.15, 0.2) is 0 Å². The van der Waals surface area contributed by atoms with E-state index in [-0.39, 0.29) is 11.1 Å². The molecule has 0 bridgehead atoms. The second-order valence-corrected chi connectivity index (χ2v) is 9.14. The molecule has 21 heavy (non-hydrogen) atoms. The summed E-state index contributed by atoms with van der Waals surface area (Å²) in [6.45, 7) is 18.8. The molecule has 0 saturated carbocycles. The van der Waals surface area contributed by atoms with Crippen LogP contribution in [-0.4, -0.2) is 35.2 Å². The van der Waals surface area contributed by atoms with Gasteiger partial charge < -0.3 is 16.0 Å². The van der Waals surface area contributed by atoms with Crippen LogP contribution in [0.1, 0.15) is 68.2 Å². The van der Waals surface area contributed by atoms with E-state index >= 15 is 0 Å². The zero-order chi connectivity index (χ0) is 16.0. The molecular formula is C18H37N3. The van der Waals surface area contributed by atoms with Gasteiger partial charge in [0, 0.05) is 35.2 Å². The van der Waals surface area contributed by atoms with Gasteiger partial charge in [0.05, 0.1) is 0 Å². The summed E-state index contributed by atoms with van der Waals surface area (Å²) in [5, 5.41) is 11.6. The van der Waals surface area contributed by atoms with Gasteiger partial charge in [-0.3, -0.25) is 0 Å². The fraction of sp³-hybridized carbons (Fsp3) is 1.00. The fourth-order valence-corrected chi connectivity index (χ4v) is 4.48. The van der Waals surface area contributed by atoms with Crippen molar-refractivity contribution < 1.29 is 0 Å². The van der Waals surface area contributed by atoms with E-state index in [1.807, 2.05) is 0 Å². The van der Waals surface area contributed by atoms with Crippen molar-refractivity contribution in [1.82, 2.24) is 16.0 Å². The molecule has 2 rings (SSSR count). The first-order chi connectivity index (χ1) is 9.51. The summed E-state index contributed by atoms with van der Waals surface area (Å²) >= 11 is 0. The molecule has 0 radical (unpaired) electrons. The van der Waals surface area contributed by atoms with Gasteiger partial charge in [-0.2, -0.15) is 0 Å². The molecule has 0 aromatic carbocycles. The molecule has 2 saturated heterocycles. The number of rotatable bonds is 2. The minimum atomic E-state index is 0.237. The molecule has 3 N–H and O–H groups in total. The zero-order valence-electron chi connectivity index (χ0n) is 15.4. The minimum absolute atomic E-state index is 0.237. The summed E-state index contributed by atoms with van der Waals surface area (Å²) in [7, 11) is 0. The molecule has 0 aromatic heterocycles. The van der Waals surface area contributed by atoms with Crippen LogP contribution in [0.25, 0.3) is 0 Å². The van der Waals surface area contributed by atoms with Gasteiger partial charge in [-0.25, -0.2) is 0 Å². The molecular weight excluding hydrogens is 258 g/mol. The van der Waals surface area contributed by atoms with Crippen molar-refractivity contribution in [2.45, 2.75) is 103 Å². The van der Waals surface area contributed by atoms with Crippen LogP contribution in [0.4, 0.5) is 0 Å². The Kier molecular flexibility index (Phi) is 4.78. The fourth-order valence-electron chi connectivity index (χ4n) is 4.48. The third-order valence-corrected chi connectivity index (χ3v) is 5.97. The molecule has 2 aliphatic rings. The van der Waals surface area contributed by atoms with Crippen molar-refractivity contribution in [3.63, 3.8) is 0 Å². The number of piperidine rings is 2. The van der Waals surface area contributed by atoms with Crippen LogP contribution in [0.3, 0.4) is 0 Å². The summed E-state index contributed by atoms with van der Waals surface area (Å²) in [6, 6.07) is 2.39. The van der Waals surface area contributed by atoms with E-state index < -0.39 is 0 Å². The molecule has 2 fully saturated rings. The number of nitrogens with one attached hydrogen (secondary N) is 3. The highest BCUT2D eigenvalue weighted by Gasteiger charge is 2.41. The highest BCUT2D eigenvalue weighted by molar-refractivity contribution is 5.02. The smallest absolute Gasteiger partial charge is 0.0142 e. The van der Waals surface area contributed by atoms with Crippen LogP contribution in [-0.2, 0) is 0 Å². The molecule has 6 unspecified atom stereocenters. The van der Waals surface area contributed by atoms with E-state index in [0.29, 0.717) is 36.0 Å². The minimum Gasteiger partial charge on any atom is -0.310 e. The lowest BCUT2D eigenvalue weighted by Gasteiger charge is -2.50.